The summed E-state index contributed by atoms with van der Waals surface area (Å²) in [5.41, 5.74) is 2.59. The van der Waals surface area contributed by atoms with Crippen LogP contribution in [0.5, 0.6) is 0 Å². The molecule has 6 rings (SSSR count). The van der Waals surface area contributed by atoms with Crippen molar-refractivity contribution in [2.75, 3.05) is 19.6 Å². The molecular formula is C26H31N5O2. The van der Waals surface area contributed by atoms with Crippen LogP contribution in [0.15, 0.2) is 41.7 Å². The summed E-state index contributed by atoms with van der Waals surface area (Å²) in [5, 5.41) is 4.27. The molecule has 1 saturated heterocycles. The van der Waals surface area contributed by atoms with Crippen LogP contribution < -0.4 is 0 Å². The summed E-state index contributed by atoms with van der Waals surface area (Å²) >= 11 is 0. The van der Waals surface area contributed by atoms with Gasteiger partial charge in [-0.1, -0.05) is 37.1 Å². The maximum Gasteiger partial charge on any atom is 0.256 e. The molecule has 0 bridgehead atoms. The molecule has 2 aliphatic heterocycles. The molecule has 3 heterocycles. The molecule has 4 aliphatic rings. The smallest absolute Gasteiger partial charge is 0.256 e. The number of carbonyl (C=O) groups excluding carboxylic acids is 2. The van der Waals surface area contributed by atoms with E-state index in [4.69, 9.17) is 4.99 Å². The van der Waals surface area contributed by atoms with Crippen LogP contribution in [-0.2, 0) is 16.6 Å². The lowest BCUT2D eigenvalue weighted by Crippen LogP contribution is -2.44. The molecular weight excluding hydrogens is 414 g/mol. The van der Waals surface area contributed by atoms with E-state index >= 15 is 0 Å². The first-order valence-electron chi connectivity index (χ1n) is 12.3. The summed E-state index contributed by atoms with van der Waals surface area (Å²) in [6.45, 7) is 2.23. The van der Waals surface area contributed by atoms with E-state index in [1.54, 1.807) is 4.68 Å². The average molecular weight is 446 g/mol. The van der Waals surface area contributed by atoms with E-state index in [1.165, 1.54) is 0 Å². The quantitative estimate of drug-likeness (QED) is 0.709. The predicted molar refractivity (Wildman–Crippen MR) is 126 cm³/mol. The second-order valence-electron chi connectivity index (χ2n) is 10.3. The van der Waals surface area contributed by atoms with Crippen LogP contribution >= 0.6 is 0 Å². The number of likely N-dealkylation sites (tertiary alicyclic amines) is 1. The van der Waals surface area contributed by atoms with Gasteiger partial charge in [0.25, 0.3) is 5.91 Å². The molecule has 2 aliphatic carbocycles. The zero-order chi connectivity index (χ0) is 22.6. The number of aliphatic imine (C=N–C) groups is 1. The van der Waals surface area contributed by atoms with Crippen molar-refractivity contribution in [3.05, 3.63) is 42.2 Å². The molecule has 1 spiro atoms. The Kier molecular flexibility index (Phi) is 4.89. The fourth-order valence-electron chi connectivity index (χ4n) is 5.74. The third-order valence-electron chi connectivity index (χ3n) is 7.80. The van der Waals surface area contributed by atoms with Gasteiger partial charge < -0.3 is 4.90 Å². The Balaban J connectivity index is 1.24. The molecule has 0 unspecified atom stereocenters. The second-order valence-corrected chi connectivity index (χ2v) is 10.3. The maximum atomic E-state index is 13.6. The monoisotopic (exact) mass is 445 g/mol. The van der Waals surface area contributed by atoms with E-state index in [2.05, 4.69) is 29.4 Å². The Morgan fingerprint density at radius 2 is 1.79 bits per heavy atom. The molecule has 7 heteroatoms. The van der Waals surface area contributed by atoms with Gasteiger partial charge in [-0.15, -0.1) is 0 Å². The predicted octanol–water partition coefficient (Wildman–Crippen LogP) is 3.25. The number of nitrogens with zero attached hydrogens (tertiary/aromatic N) is 5. The molecule has 33 heavy (non-hydrogen) atoms. The summed E-state index contributed by atoms with van der Waals surface area (Å²) < 4.78 is 1.80. The Labute approximate surface area is 194 Å². The van der Waals surface area contributed by atoms with Gasteiger partial charge in [0.05, 0.1) is 6.20 Å². The van der Waals surface area contributed by atoms with E-state index in [0.717, 1.165) is 80.6 Å². The number of aromatic nitrogens is 2. The van der Waals surface area contributed by atoms with Gasteiger partial charge in [-0.25, -0.2) is 0 Å². The van der Waals surface area contributed by atoms with Crippen molar-refractivity contribution in [2.24, 2.45) is 23.9 Å². The third-order valence-corrected chi connectivity index (χ3v) is 7.80. The van der Waals surface area contributed by atoms with Gasteiger partial charge in [0.2, 0.25) is 5.91 Å². The van der Waals surface area contributed by atoms with Crippen LogP contribution in [0.25, 0.3) is 11.1 Å². The zero-order valence-corrected chi connectivity index (χ0v) is 19.2. The van der Waals surface area contributed by atoms with Gasteiger partial charge in [0.1, 0.15) is 11.4 Å². The lowest BCUT2D eigenvalue weighted by Gasteiger charge is -2.25. The molecule has 172 valence electrons. The summed E-state index contributed by atoms with van der Waals surface area (Å²) in [6, 6.07) is 8.32. The first-order chi connectivity index (χ1) is 16.0. The topological polar surface area (TPSA) is 70.8 Å². The van der Waals surface area contributed by atoms with E-state index in [0.29, 0.717) is 18.4 Å². The number of aryl methyl sites for hydroxylation is 1. The zero-order valence-electron chi connectivity index (χ0n) is 19.2. The molecule has 0 N–H and O–H groups in total. The lowest BCUT2D eigenvalue weighted by atomic mass is 9.97. The van der Waals surface area contributed by atoms with Crippen LogP contribution in [0.1, 0.15) is 50.5 Å². The summed E-state index contributed by atoms with van der Waals surface area (Å²) in [7, 11) is 1.91. The standard InChI is InChI=1S/C26H31N5O2/c1-29-17-22(14-27-29)19-4-6-20(7-5-19)23-28-26(11-2-3-12-26)25(33)31(23)16-18-10-13-30(15-18)24(32)21-8-9-21/h4-7,14,17-18,21H,2-3,8-13,15-16H2,1H3/t18-/m1/s1. The van der Waals surface area contributed by atoms with Gasteiger partial charge in [-0.2, -0.15) is 5.10 Å². The highest BCUT2D eigenvalue weighted by molar-refractivity contribution is 6.15. The summed E-state index contributed by atoms with van der Waals surface area (Å²) in [6.07, 6.45) is 10.7. The van der Waals surface area contributed by atoms with Gasteiger partial charge in [-0.05, 0) is 43.6 Å². The number of amides is 2. The third kappa shape index (κ3) is 3.67. The number of amidine groups is 1. The molecule has 2 saturated carbocycles. The lowest BCUT2D eigenvalue weighted by molar-refractivity contribution is -0.131. The Bertz CT molecular complexity index is 1110. The molecule has 1 aromatic heterocycles. The van der Waals surface area contributed by atoms with E-state index in [-0.39, 0.29) is 11.8 Å². The van der Waals surface area contributed by atoms with E-state index < -0.39 is 5.54 Å². The van der Waals surface area contributed by atoms with E-state index in [9.17, 15) is 9.59 Å². The van der Waals surface area contributed by atoms with Crippen LogP contribution in [0.3, 0.4) is 0 Å². The van der Waals surface area contributed by atoms with Crippen molar-refractivity contribution in [2.45, 2.75) is 50.5 Å². The maximum absolute atomic E-state index is 13.6. The summed E-state index contributed by atoms with van der Waals surface area (Å²) in [4.78, 5) is 35.2. The minimum Gasteiger partial charge on any atom is -0.342 e. The minimum absolute atomic E-state index is 0.165. The van der Waals surface area contributed by atoms with Gasteiger partial charge >= 0.3 is 0 Å². The fourth-order valence-corrected chi connectivity index (χ4v) is 5.74. The number of hydrogen-bond donors (Lipinski definition) is 0. The van der Waals surface area contributed by atoms with Crippen molar-refractivity contribution in [1.29, 1.82) is 0 Å². The highest BCUT2D eigenvalue weighted by atomic mass is 16.2. The molecule has 0 radical (unpaired) electrons. The Morgan fingerprint density at radius 3 is 2.45 bits per heavy atom. The van der Waals surface area contributed by atoms with Gasteiger partial charge in [0.15, 0.2) is 0 Å². The van der Waals surface area contributed by atoms with Crippen molar-refractivity contribution < 1.29 is 9.59 Å². The molecule has 2 aromatic rings. The molecule has 1 aromatic carbocycles. The number of carbonyl (C=O) groups is 2. The molecule has 7 nitrogen and oxygen atoms in total. The number of hydrogen-bond acceptors (Lipinski definition) is 4. The first kappa shape index (κ1) is 20.6. The highest BCUT2D eigenvalue weighted by Gasteiger charge is 2.50. The van der Waals surface area contributed by atoms with Gasteiger partial charge in [0, 0.05) is 49.9 Å². The minimum atomic E-state index is -0.570. The van der Waals surface area contributed by atoms with Crippen LogP contribution in [0.2, 0.25) is 0 Å². The van der Waals surface area contributed by atoms with Crippen molar-refractivity contribution >= 4 is 17.6 Å². The number of benzene rings is 1. The van der Waals surface area contributed by atoms with Crippen LogP contribution in [0, 0.1) is 11.8 Å². The van der Waals surface area contributed by atoms with E-state index in [1.807, 2.05) is 29.2 Å². The van der Waals surface area contributed by atoms with Crippen molar-refractivity contribution in [3.8, 4) is 11.1 Å². The molecule has 3 fully saturated rings. The number of rotatable bonds is 5. The van der Waals surface area contributed by atoms with Crippen molar-refractivity contribution in [1.82, 2.24) is 19.6 Å². The fraction of sp³-hybridized carbons (Fsp3) is 0.538. The van der Waals surface area contributed by atoms with Crippen LogP contribution in [0.4, 0.5) is 0 Å². The van der Waals surface area contributed by atoms with Crippen LogP contribution in [-0.4, -0.2) is 62.4 Å². The SMILES string of the molecule is Cn1cc(-c2ccc(C3=NC4(CCCC4)C(=O)N3C[C@@H]3CCN(C(=O)C4CC4)C3)cc2)cn1. The normalized spacial score (nSPS) is 24.2. The largest absolute Gasteiger partial charge is 0.342 e. The Morgan fingerprint density at radius 1 is 1.06 bits per heavy atom. The molecule has 1 atom stereocenters. The first-order valence-corrected chi connectivity index (χ1v) is 12.3. The highest BCUT2D eigenvalue weighted by Crippen LogP contribution is 2.41. The molecule has 2 amide bonds. The Hall–Kier alpha value is -2.96. The summed E-state index contributed by atoms with van der Waals surface area (Å²) in [5.74, 6) is 1.87. The van der Waals surface area contributed by atoms with Gasteiger partial charge in [-0.3, -0.25) is 24.2 Å². The second kappa shape index (κ2) is 7.82. The van der Waals surface area contributed by atoms with Crippen molar-refractivity contribution in [3.63, 3.8) is 0 Å². The average Bonchev–Trinajstić information content (AvgIpc) is 3.16.